The van der Waals surface area contributed by atoms with Crippen molar-refractivity contribution in [2.24, 2.45) is 0 Å². The average molecular weight is 222 g/mol. The van der Waals surface area contributed by atoms with Crippen molar-refractivity contribution in [2.75, 3.05) is 13.2 Å². The molecule has 1 aromatic carbocycles. The zero-order valence-corrected chi connectivity index (χ0v) is 9.86. The number of unbranched alkanes of at least 4 members (excludes halogenated alkanes) is 1. The Labute approximate surface area is 96.4 Å². The van der Waals surface area contributed by atoms with Crippen LogP contribution in [0.3, 0.4) is 0 Å². The molecule has 0 radical (unpaired) electrons. The molecule has 88 valence electrons. The van der Waals surface area contributed by atoms with Crippen LogP contribution in [-0.2, 0) is 4.74 Å². The van der Waals surface area contributed by atoms with Crippen LogP contribution in [0.1, 0.15) is 37.0 Å². The fourth-order valence-electron chi connectivity index (χ4n) is 1.27. The van der Waals surface area contributed by atoms with Gasteiger partial charge >= 0.3 is 5.97 Å². The quantitative estimate of drug-likeness (QED) is 0.548. The van der Waals surface area contributed by atoms with Crippen LogP contribution in [0.4, 0.5) is 0 Å². The van der Waals surface area contributed by atoms with Crippen LogP contribution >= 0.6 is 0 Å². The van der Waals surface area contributed by atoms with E-state index in [2.05, 4.69) is 6.92 Å². The number of benzene rings is 1. The normalized spacial score (nSPS) is 9.88. The Morgan fingerprint density at radius 1 is 1.31 bits per heavy atom. The lowest BCUT2D eigenvalue weighted by Gasteiger charge is -2.06. The molecule has 0 spiro atoms. The van der Waals surface area contributed by atoms with E-state index in [9.17, 15) is 4.79 Å². The summed E-state index contributed by atoms with van der Waals surface area (Å²) in [5.41, 5.74) is 0.544. The lowest BCUT2D eigenvalue weighted by molar-refractivity contribution is 0.0499. The maximum absolute atomic E-state index is 11.6. The summed E-state index contributed by atoms with van der Waals surface area (Å²) in [6.45, 7) is 5.04. The van der Waals surface area contributed by atoms with Crippen molar-refractivity contribution in [3.8, 4) is 5.75 Å². The van der Waals surface area contributed by atoms with Crippen LogP contribution < -0.4 is 4.74 Å². The molecule has 0 aliphatic rings. The standard InChI is InChI=1S/C13H18O3/c1-3-5-9-16-13(14)11-7-6-8-12(10-11)15-4-2/h6-8,10H,3-5,9H2,1-2H3. The van der Waals surface area contributed by atoms with Crippen molar-refractivity contribution >= 4 is 5.97 Å². The van der Waals surface area contributed by atoms with E-state index in [0.717, 1.165) is 12.8 Å². The predicted octanol–water partition coefficient (Wildman–Crippen LogP) is 3.04. The molecule has 0 amide bonds. The van der Waals surface area contributed by atoms with Crippen molar-refractivity contribution < 1.29 is 14.3 Å². The molecule has 0 heterocycles. The minimum atomic E-state index is -0.282. The molecular weight excluding hydrogens is 204 g/mol. The third-order valence-corrected chi connectivity index (χ3v) is 2.11. The Kier molecular flexibility index (Phi) is 5.40. The monoisotopic (exact) mass is 222 g/mol. The Balaban J connectivity index is 2.57. The van der Waals surface area contributed by atoms with Crippen molar-refractivity contribution in [3.05, 3.63) is 29.8 Å². The number of esters is 1. The summed E-state index contributed by atoms with van der Waals surface area (Å²) in [6.07, 6.45) is 1.92. The predicted molar refractivity (Wildman–Crippen MR) is 62.8 cm³/mol. The largest absolute Gasteiger partial charge is 0.494 e. The zero-order chi connectivity index (χ0) is 11.8. The maximum atomic E-state index is 11.6. The van der Waals surface area contributed by atoms with E-state index < -0.39 is 0 Å². The van der Waals surface area contributed by atoms with Gasteiger partial charge in [-0.2, -0.15) is 0 Å². The van der Waals surface area contributed by atoms with Crippen molar-refractivity contribution in [1.29, 1.82) is 0 Å². The fraction of sp³-hybridized carbons (Fsp3) is 0.462. The molecule has 0 bridgehead atoms. The van der Waals surface area contributed by atoms with Gasteiger partial charge in [0.1, 0.15) is 5.75 Å². The molecule has 0 unspecified atom stereocenters. The molecule has 0 saturated heterocycles. The van der Waals surface area contributed by atoms with Gasteiger partial charge < -0.3 is 9.47 Å². The molecule has 16 heavy (non-hydrogen) atoms. The highest BCUT2D eigenvalue weighted by Crippen LogP contribution is 2.14. The van der Waals surface area contributed by atoms with Crippen LogP contribution in [-0.4, -0.2) is 19.2 Å². The molecule has 1 rings (SSSR count). The number of rotatable bonds is 6. The Hall–Kier alpha value is -1.51. The fourth-order valence-corrected chi connectivity index (χ4v) is 1.27. The molecular formula is C13H18O3. The molecule has 0 saturated carbocycles. The van der Waals surface area contributed by atoms with Crippen LogP contribution in [0.25, 0.3) is 0 Å². The highest BCUT2D eigenvalue weighted by molar-refractivity contribution is 5.89. The first-order chi connectivity index (χ1) is 7.77. The number of carbonyl (C=O) groups is 1. The van der Waals surface area contributed by atoms with Gasteiger partial charge in [-0.3, -0.25) is 0 Å². The summed E-state index contributed by atoms with van der Waals surface area (Å²) >= 11 is 0. The first kappa shape index (κ1) is 12.6. The second kappa shape index (κ2) is 6.88. The van der Waals surface area contributed by atoms with Gasteiger partial charge in [0.05, 0.1) is 18.8 Å². The second-order valence-electron chi connectivity index (χ2n) is 3.45. The average Bonchev–Trinajstić information content (AvgIpc) is 2.30. The molecule has 0 aliphatic carbocycles. The third kappa shape index (κ3) is 3.93. The smallest absolute Gasteiger partial charge is 0.338 e. The van der Waals surface area contributed by atoms with Gasteiger partial charge in [0.25, 0.3) is 0 Å². The van der Waals surface area contributed by atoms with E-state index in [0.29, 0.717) is 24.5 Å². The van der Waals surface area contributed by atoms with Gasteiger partial charge in [-0.05, 0) is 31.5 Å². The van der Waals surface area contributed by atoms with E-state index in [4.69, 9.17) is 9.47 Å². The topological polar surface area (TPSA) is 35.5 Å². The molecule has 3 nitrogen and oxygen atoms in total. The van der Waals surface area contributed by atoms with Gasteiger partial charge in [-0.15, -0.1) is 0 Å². The van der Waals surface area contributed by atoms with Crippen LogP contribution in [0.15, 0.2) is 24.3 Å². The highest BCUT2D eigenvalue weighted by Gasteiger charge is 2.07. The summed E-state index contributed by atoms with van der Waals surface area (Å²) in [6, 6.07) is 7.06. The summed E-state index contributed by atoms with van der Waals surface area (Å²) < 4.78 is 10.4. The van der Waals surface area contributed by atoms with E-state index in [1.165, 1.54) is 0 Å². The van der Waals surface area contributed by atoms with E-state index in [1.54, 1.807) is 18.2 Å². The third-order valence-electron chi connectivity index (χ3n) is 2.11. The molecule has 0 aromatic heterocycles. The second-order valence-corrected chi connectivity index (χ2v) is 3.45. The Morgan fingerprint density at radius 3 is 2.81 bits per heavy atom. The SMILES string of the molecule is CCCCOC(=O)c1cccc(OCC)c1. The lowest BCUT2D eigenvalue weighted by atomic mass is 10.2. The lowest BCUT2D eigenvalue weighted by Crippen LogP contribution is -2.06. The van der Waals surface area contributed by atoms with E-state index >= 15 is 0 Å². The van der Waals surface area contributed by atoms with Gasteiger partial charge in [-0.1, -0.05) is 19.4 Å². The zero-order valence-electron chi connectivity index (χ0n) is 9.86. The maximum Gasteiger partial charge on any atom is 0.338 e. The summed E-state index contributed by atoms with van der Waals surface area (Å²) in [5.74, 6) is 0.419. The molecule has 1 aromatic rings. The highest BCUT2D eigenvalue weighted by atomic mass is 16.5. The number of hydrogen-bond acceptors (Lipinski definition) is 3. The van der Waals surface area contributed by atoms with Crippen LogP contribution in [0.2, 0.25) is 0 Å². The van der Waals surface area contributed by atoms with Crippen molar-refractivity contribution in [3.63, 3.8) is 0 Å². The van der Waals surface area contributed by atoms with Gasteiger partial charge in [0.2, 0.25) is 0 Å². The minimum Gasteiger partial charge on any atom is -0.494 e. The first-order valence-corrected chi connectivity index (χ1v) is 5.68. The van der Waals surface area contributed by atoms with Crippen molar-refractivity contribution in [2.45, 2.75) is 26.7 Å². The molecule has 0 atom stereocenters. The number of hydrogen-bond donors (Lipinski definition) is 0. The van der Waals surface area contributed by atoms with Crippen molar-refractivity contribution in [1.82, 2.24) is 0 Å². The van der Waals surface area contributed by atoms with Gasteiger partial charge in [-0.25, -0.2) is 4.79 Å². The molecule has 0 N–H and O–H groups in total. The number of ether oxygens (including phenoxy) is 2. The first-order valence-electron chi connectivity index (χ1n) is 5.68. The molecule has 3 heteroatoms. The molecule has 0 fully saturated rings. The van der Waals surface area contributed by atoms with Gasteiger partial charge in [0.15, 0.2) is 0 Å². The van der Waals surface area contributed by atoms with Crippen LogP contribution in [0.5, 0.6) is 5.75 Å². The number of carbonyl (C=O) groups excluding carboxylic acids is 1. The minimum absolute atomic E-state index is 0.282. The van der Waals surface area contributed by atoms with Gasteiger partial charge in [0, 0.05) is 0 Å². The summed E-state index contributed by atoms with van der Waals surface area (Å²) in [5, 5.41) is 0. The van der Waals surface area contributed by atoms with E-state index in [1.807, 2.05) is 13.0 Å². The molecule has 0 aliphatic heterocycles. The summed E-state index contributed by atoms with van der Waals surface area (Å²) in [4.78, 5) is 11.6. The summed E-state index contributed by atoms with van der Waals surface area (Å²) in [7, 11) is 0. The van der Waals surface area contributed by atoms with Crippen LogP contribution in [0, 0.1) is 0 Å². The Bertz CT molecular complexity index is 334. The van der Waals surface area contributed by atoms with E-state index in [-0.39, 0.29) is 5.97 Å². The Morgan fingerprint density at radius 2 is 2.12 bits per heavy atom.